The first-order valence-electron chi connectivity index (χ1n) is 21.7. The summed E-state index contributed by atoms with van der Waals surface area (Å²) < 4.78 is 53.9. The smallest absolute Gasteiger partial charge is 0.306 e. The number of hydrogen-bond donors (Lipinski definition) is 4. The molecule has 13 heteroatoms. The Morgan fingerprint density at radius 2 is 1.04 bits per heavy atom. The number of esters is 2. The first-order valence-corrected chi connectivity index (χ1v) is 23.4. The van der Waals surface area contributed by atoms with E-state index in [-0.39, 0.29) is 19.4 Å². The Balaban J connectivity index is 2.43. The standard InChI is InChI=1S/C42H78O12S/c1-3-5-7-9-11-13-15-16-17-18-19-20-21-23-24-26-28-30-37(43)51-32-35(53-38(44)31-29-27-25-22-14-12-10-8-6-4-2)33-52-42-41(47)40(46)39(45)36(54-42)34-55(48,49)50/h16-17,35-36,39-42,45-47H,3-15,18-34H2,1-2H3,(H,48,49,50)/b17-16+/t35-,36-,39-,40?,41?,42+/m1/s1. The Morgan fingerprint density at radius 1 is 0.600 bits per heavy atom. The fourth-order valence-corrected chi connectivity index (χ4v) is 7.36. The molecule has 55 heavy (non-hydrogen) atoms. The van der Waals surface area contributed by atoms with E-state index in [0.717, 1.165) is 44.9 Å². The largest absolute Gasteiger partial charge is 0.462 e. The number of carbonyl (C=O) groups is 2. The number of carbonyl (C=O) groups excluding carboxylic acids is 2. The van der Waals surface area contributed by atoms with E-state index in [4.69, 9.17) is 18.9 Å². The van der Waals surface area contributed by atoms with Crippen molar-refractivity contribution in [3.63, 3.8) is 0 Å². The summed E-state index contributed by atoms with van der Waals surface area (Å²) in [6.07, 6.45) is 24.1. The van der Waals surface area contributed by atoms with Gasteiger partial charge in [0, 0.05) is 12.8 Å². The van der Waals surface area contributed by atoms with Gasteiger partial charge in [0.25, 0.3) is 10.1 Å². The van der Waals surface area contributed by atoms with E-state index < -0.39 is 71.2 Å². The Kier molecular flexibility index (Phi) is 31.2. The molecule has 1 rings (SSSR count). The van der Waals surface area contributed by atoms with Crippen LogP contribution in [-0.4, -0.2) is 96.0 Å². The molecular weight excluding hydrogens is 729 g/mol. The molecule has 0 aliphatic carbocycles. The van der Waals surface area contributed by atoms with Crippen LogP contribution in [0.5, 0.6) is 0 Å². The van der Waals surface area contributed by atoms with Gasteiger partial charge in [0.15, 0.2) is 12.4 Å². The molecule has 1 fully saturated rings. The maximum Gasteiger partial charge on any atom is 0.306 e. The third-order valence-electron chi connectivity index (χ3n) is 10.1. The number of aliphatic hydroxyl groups excluding tert-OH is 3. The minimum Gasteiger partial charge on any atom is -0.462 e. The van der Waals surface area contributed by atoms with Gasteiger partial charge in [-0.15, -0.1) is 0 Å². The SMILES string of the molecule is CCCCCCCC/C=C/CCCCCCCCCC(=O)OC[C@H](CO[C@H]1O[C@H](CS(=O)(=O)O)[C@@H](O)C(O)C1O)OC(=O)CCCCCCCCCCCC. The predicted octanol–water partition coefficient (Wildman–Crippen LogP) is 8.28. The number of aliphatic hydroxyl groups is 3. The van der Waals surface area contributed by atoms with Crippen molar-refractivity contribution < 1.29 is 56.8 Å². The van der Waals surface area contributed by atoms with Gasteiger partial charge in [0.2, 0.25) is 0 Å². The van der Waals surface area contributed by atoms with Crippen LogP contribution in [0.1, 0.15) is 187 Å². The Morgan fingerprint density at radius 3 is 1.51 bits per heavy atom. The average molecular weight is 807 g/mol. The van der Waals surface area contributed by atoms with Crippen LogP contribution in [0.15, 0.2) is 12.2 Å². The second-order valence-electron chi connectivity index (χ2n) is 15.4. The summed E-state index contributed by atoms with van der Waals surface area (Å²) >= 11 is 0. The Bertz CT molecular complexity index is 1080. The second kappa shape index (κ2) is 33.4. The van der Waals surface area contributed by atoms with Gasteiger partial charge >= 0.3 is 11.9 Å². The molecule has 0 aromatic heterocycles. The van der Waals surface area contributed by atoms with Gasteiger partial charge in [0.05, 0.1) is 6.61 Å². The fraction of sp³-hybridized carbons (Fsp3) is 0.905. The summed E-state index contributed by atoms with van der Waals surface area (Å²) in [4.78, 5) is 25.3. The van der Waals surface area contributed by atoms with Crippen LogP contribution in [0.4, 0.5) is 0 Å². The number of rotatable bonds is 36. The number of ether oxygens (including phenoxy) is 4. The van der Waals surface area contributed by atoms with Crippen LogP contribution in [0.2, 0.25) is 0 Å². The third kappa shape index (κ3) is 28.4. The molecule has 6 atom stereocenters. The van der Waals surface area contributed by atoms with Gasteiger partial charge in [0.1, 0.15) is 36.8 Å². The average Bonchev–Trinajstić information content (AvgIpc) is 3.14. The monoisotopic (exact) mass is 807 g/mol. The summed E-state index contributed by atoms with van der Waals surface area (Å²) in [5.74, 6) is -1.98. The number of allylic oxidation sites excluding steroid dienone is 2. The summed E-state index contributed by atoms with van der Waals surface area (Å²) in [5, 5.41) is 30.8. The molecule has 4 N–H and O–H groups in total. The molecule has 1 saturated heterocycles. The molecule has 0 radical (unpaired) electrons. The fourth-order valence-electron chi connectivity index (χ4n) is 6.67. The van der Waals surface area contributed by atoms with E-state index in [1.807, 2.05) is 0 Å². The van der Waals surface area contributed by atoms with Gasteiger partial charge in [-0.25, -0.2) is 0 Å². The zero-order chi connectivity index (χ0) is 40.6. The Labute approximate surface area is 333 Å². The second-order valence-corrected chi connectivity index (χ2v) is 16.9. The quantitative estimate of drug-likeness (QED) is 0.0206. The molecule has 1 heterocycles. The first kappa shape index (κ1) is 51.4. The minimum absolute atomic E-state index is 0.167. The highest BCUT2D eigenvalue weighted by Crippen LogP contribution is 2.24. The maximum absolute atomic E-state index is 12.7. The third-order valence-corrected chi connectivity index (χ3v) is 10.8. The van der Waals surface area contributed by atoms with Crippen molar-refractivity contribution in [3.8, 4) is 0 Å². The molecule has 0 aromatic carbocycles. The lowest BCUT2D eigenvalue weighted by molar-refractivity contribution is -0.297. The van der Waals surface area contributed by atoms with Gasteiger partial charge in [-0.1, -0.05) is 148 Å². The molecule has 1 aliphatic rings. The molecule has 0 saturated carbocycles. The summed E-state index contributed by atoms with van der Waals surface area (Å²) in [7, 11) is -4.59. The summed E-state index contributed by atoms with van der Waals surface area (Å²) in [6.45, 7) is 3.73. The van der Waals surface area contributed by atoms with Crippen LogP contribution in [0.3, 0.4) is 0 Å². The van der Waals surface area contributed by atoms with Crippen molar-refractivity contribution in [2.24, 2.45) is 0 Å². The highest BCUT2D eigenvalue weighted by Gasteiger charge is 2.46. The minimum atomic E-state index is -4.59. The zero-order valence-corrected chi connectivity index (χ0v) is 35.1. The van der Waals surface area contributed by atoms with E-state index in [9.17, 15) is 37.9 Å². The highest BCUT2D eigenvalue weighted by atomic mass is 32.2. The Hall–Kier alpha value is -1.61. The van der Waals surface area contributed by atoms with Gasteiger partial charge in [-0.3, -0.25) is 14.1 Å². The normalized spacial score (nSPS) is 20.9. The van der Waals surface area contributed by atoms with E-state index in [2.05, 4.69) is 26.0 Å². The molecule has 0 aromatic rings. The molecule has 0 bridgehead atoms. The van der Waals surface area contributed by atoms with Gasteiger partial charge < -0.3 is 34.3 Å². The van der Waals surface area contributed by atoms with Crippen molar-refractivity contribution in [2.45, 2.75) is 224 Å². The highest BCUT2D eigenvalue weighted by molar-refractivity contribution is 7.85. The molecule has 0 spiro atoms. The summed E-state index contributed by atoms with van der Waals surface area (Å²) in [5.41, 5.74) is 0. The first-order chi connectivity index (χ1) is 26.5. The van der Waals surface area contributed by atoms with E-state index in [1.54, 1.807) is 0 Å². The van der Waals surface area contributed by atoms with Crippen molar-refractivity contribution in [2.75, 3.05) is 19.0 Å². The number of hydrogen-bond acceptors (Lipinski definition) is 11. The van der Waals surface area contributed by atoms with E-state index in [1.165, 1.54) is 103 Å². The molecule has 1 aliphatic heterocycles. The molecule has 0 amide bonds. The van der Waals surface area contributed by atoms with E-state index in [0.29, 0.717) is 12.8 Å². The van der Waals surface area contributed by atoms with Crippen molar-refractivity contribution in [3.05, 3.63) is 12.2 Å². The zero-order valence-electron chi connectivity index (χ0n) is 34.3. The molecule has 2 unspecified atom stereocenters. The lowest BCUT2D eigenvalue weighted by Gasteiger charge is -2.40. The molecular formula is C42H78O12S. The lowest BCUT2D eigenvalue weighted by atomic mass is 10.00. The van der Waals surface area contributed by atoms with Crippen LogP contribution in [0.25, 0.3) is 0 Å². The van der Waals surface area contributed by atoms with Crippen LogP contribution in [0, 0.1) is 0 Å². The van der Waals surface area contributed by atoms with Crippen LogP contribution < -0.4 is 0 Å². The van der Waals surface area contributed by atoms with Crippen molar-refractivity contribution >= 4 is 22.1 Å². The van der Waals surface area contributed by atoms with E-state index >= 15 is 0 Å². The predicted molar refractivity (Wildman–Crippen MR) is 215 cm³/mol. The molecule has 324 valence electrons. The number of unbranched alkanes of at least 4 members (excludes halogenated alkanes) is 22. The van der Waals surface area contributed by atoms with Crippen LogP contribution >= 0.6 is 0 Å². The van der Waals surface area contributed by atoms with Crippen molar-refractivity contribution in [1.82, 2.24) is 0 Å². The topological polar surface area (TPSA) is 186 Å². The van der Waals surface area contributed by atoms with Gasteiger partial charge in [-0.2, -0.15) is 8.42 Å². The maximum atomic E-state index is 12.7. The van der Waals surface area contributed by atoms with Crippen LogP contribution in [-0.2, 0) is 38.7 Å². The lowest BCUT2D eigenvalue weighted by Crippen LogP contribution is -2.60. The summed E-state index contributed by atoms with van der Waals surface area (Å²) in [6, 6.07) is 0. The molecule has 12 nitrogen and oxygen atoms in total. The van der Waals surface area contributed by atoms with Crippen molar-refractivity contribution in [1.29, 1.82) is 0 Å². The van der Waals surface area contributed by atoms with Gasteiger partial charge in [-0.05, 0) is 38.5 Å².